The number of aromatic amines is 1. The van der Waals surface area contributed by atoms with Crippen molar-refractivity contribution in [3.05, 3.63) is 16.7 Å². The van der Waals surface area contributed by atoms with Crippen LogP contribution in [0.25, 0.3) is 11.2 Å². The molecular weight excluding hydrogens is 530 g/mol. The van der Waals surface area contributed by atoms with Gasteiger partial charge in [0.1, 0.15) is 0 Å². The predicted molar refractivity (Wildman–Crippen MR) is 96.1 cm³/mol. The number of anilines is 1. The molecule has 6 atom stereocenters. The number of rotatable bonds is 8. The van der Waals surface area contributed by atoms with E-state index in [0.29, 0.717) is 0 Å². The van der Waals surface area contributed by atoms with Gasteiger partial charge in [-0.25, -0.2) is 18.7 Å². The molecule has 6 unspecified atom stereocenters. The summed E-state index contributed by atoms with van der Waals surface area (Å²) >= 11 is 0. The Morgan fingerprint density at radius 3 is 2.45 bits per heavy atom. The number of H-pyrrole nitrogens is 1. The number of aromatic nitrogens is 4. The van der Waals surface area contributed by atoms with E-state index in [-0.39, 0.29) is 46.7 Å². The van der Waals surface area contributed by atoms with Crippen molar-refractivity contribution in [2.24, 2.45) is 0 Å². The van der Waals surface area contributed by atoms with E-state index in [0.717, 1.165) is 10.9 Å². The minimum atomic E-state index is -5.75. The van der Waals surface area contributed by atoms with E-state index in [1.807, 2.05) is 0 Å². The summed E-state index contributed by atoms with van der Waals surface area (Å²) in [6.07, 6.45) is -5.90. The Morgan fingerprint density at radius 1 is 1.21 bits per heavy atom. The van der Waals surface area contributed by atoms with E-state index in [1.165, 1.54) is 0 Å². The zero-order valence-electron chi connectivity index (χ0n) is 16.3. The summed E-state index contributed by atoms with van der Waals surface area (Å²) < 4.78 is 51.4. The summed E-state index contributed by atoms with van der Waals surface area (Å²) in [5.74, 6) is -0.292. The van der Waals surface area contributed by atoms with Crippen LogP contribution in [0.5, 0.6) is 0 Å². The summed E-state index contributed by atoms with van der Waals surface area (Å²) in [5, 5.41) is 22.5. The van der Waals surface area contributed by atoms with Crippen LogP contribution in [0.4, 0.5) is 5.95 Å². The number of imidazole rings is 1. The van der Waals surface area contributed by atoms with Crippen molar-refractivity contribution in [3.8, 4) is 0 Å². The molecule has 0 spiro atoms. The first-order chi connectivity index (χ1) is 14.6. The van der Waals surface area contributed by atoms with Gasteiger partial charge in [0.05, 0.1) is 25.1 Å². The molecule has 180 valence electrons. The number of aliphatic hydroxyl groups excluding tert-OH is 1. The maximum Gasteiger partial charge on any atom is 1.00 e. The van der Waals surface area contributed by atoms with Gasteiger partial charge in [0.25, 0.3) is 5.56 Å². The second-order valence-electron chi connectivity index (χ2n) is 6.18. The maximum atomic E-state index is 12.3. The van der Waals surface area contributed by atoms with Crippen molar-refractivity contribution in [2.75, 3.05) is 12.3 Å². The number of phosphoric acid groups is 3. The summed E-state index contributed by atoms with van der Waals surface area (Å²) in [4.78, 5) is 57.2. The Morgan fingerprint density at radius 2 is 1.85 bits per heavy atom. The number of fused-ring (bicyclic) bond motifs is 1. The number of nitrogen functional groups attached to an aromatic ring is 1. The standard InChI is InChI=1S/C10H15N5O14P3.Na/c11-10-13-7-4(8(18)14-10)12-2-15(7)9-6(17)5(16)3(27-9)1-26-31(22,23)29-32(24,25)28-30(19,20)21;/h2-3,5-6,9,17H,1H2,(H,22,23)(H,24,25)(H2,19,20,21)(H3,11,13,14,18);/q-1;+1. The van der Waals surface area contributed by atoms with E-state index in [9.17, 15) is 33.6 Å². The summed E-state index contributed by atoms with van der Waals surface area (Å²) in [6.45, 7) is -1.08. The normalized spacial score (nSPS) is 27.1. The third-order valence-corrected chi connectivity index (χ3v) is 7.65. The third kappa shape index (κ3) is 6.99. The molecule has 19 nitrogen and oxygen atoms in total. The van der Waals surface area contributed by atoms with Gasteiger partial charge in [-0.3, -0.25) is 18.9 Å². The Bertz CT molecular complexity index is 1210. The Hall–Kier alpha value is -0.560. The van der Waals surface area contributed by atoms with E-state index in [2.05, 4.69) is 28.1 Å². The number of nitrogens with zero attached hydrogens (tertiary/aromatic N) is 3. The molecule has 0 bridgehead atoms. The zero-order valence-corrected chi connectivity index (χ0v) is 20.9. The molecule has 0 amide bonds. The summed E-state index contributed by atoms with van der Waals surface area (Å²) in [7, 11) is -16.8. The Balaban J connectivity index is 0.00000385. The molecular formula is C10H15N5NaO14P3. The van der Waals surface area contributed by atoms with Gasteiger partial charge >= 0.3 is 53.0 Å². The van der Waals surface area contributed by atoms with Gasteiger partial charge in [-0.05, 0) is 0 Å². The first kappa shape index (κ1) is 28.7. The van der Waals surface area contributed by atoms with Crippen LogP contribution in [0.3, 0.4) is 0 Å². The van der Waals surface area contributed by atoms with Crippen LogP contribution in [-0.2, 0) is 31.6 Å². The van der Waals surface area contributed by atoms with Crippen LogP contribution in [-0.4, -0.2) is 69.1 Å². The molecule has 1 aliphatic rings. The predicted octanol–water partition coefficient (Wildman–Crippen LogP) is -5.96. The molecule has 2 aromatic heterocycles. The van der Waals surface area contributed by atoms with Gasteiger partial charge in [-0.1, -0.05) is 6.10 Å². The molecule has 1 saturated heterocycles. The fourth-order valence-electron chi connectivity index (χ4n) is 2.68. The van der Waals surface area contributed by atoms with Gasteiger partial charge in [0, 0.05) is 0 Å². The minimum absolute atomic E-state index is 0. The number of nitrogens with two attached hydrogens (primary N) is 1. The minimum Gasteiger partial charge on any atom is -0.848 e. The number of hydrogen-bond acceptors (Lipinski definition) is 13. The molecule has 1 fully saturated rings. The van der Waals surface area contributed by atoms with Crippen molar-refractivity contribution < 1.29 is 90.9 Å². The maximum absolute atomic E-state index is 12.3. The fraction of sp³-hybridized carbons (Fsp3) is 0.500. The molecule has 0 aliphatic carbocycles. The second-order valence-corrected chi connectivity index (χ2v) is 10.6. The van der Waals surface area contributed by atoms with Gasteiger partial charge in [0.15, 0.2) is 17.4 Å². The van der Waals surface area contributed by atoms with E-state index in [1.54, 1.807) is 0 Å². The van der Waals surface area contributed by atoms with Crippen molar-refractivity contribution in [1.29, 1.82) is 0 Å². The number of phosphoric ester groups is 1. The first-order valence-electron chi connectivity index (χ1n) is 8.08. The quantitative estimate of drug-likeness (QED) is 0.120. The Labute approximate surface area is 204 Å². The van der Waals surface area contributed by atoms with Gasteiger partial charge < -0.3 is 40.3 Å². The van der Waals surface area contributed by atoms with Crippen molar-refractivity contribution in [1.82, 2.24) is 19.5 Å². The molecule has 0 aromatic carbocycles. The van der Waals surface area contributed by atoms with Crippen LogP contribution in [0.1, 0.15) is 6.23 Å². The molecule has 8 N–H and O–H groups in total. The fourth-order valence-corrected chi connectivity index (χ4v) is 5.71. The van der Waals surface area contributed by atoms with Gasteiger partial charge in [-0.15, -0.1) is 0 Å². The van der Waals surface area contributed by atoms with Crippen LogP contribution >= 0.6 is 23.5 Å². The molecule has 3 rings (SSSR count). The van der Waals surface area contributed by atoms with Crippen LogP contribution in [0, 0.1) is 0 Å². The summed E-state index contributed by atoms with van der Waals surface area (Å²) in [6, 6.07) is 0. The van der Waals surface area contributed by atoms with E-state index < -0.39 is 60.2 Å². The molecule has 33 heavy (non-hydrogen) atoms. The molecule has 3 heterocycles. The second kappa shape index (κ2) is 10.2. The average molecular weight is 545 g/mol. The molecule has 23 heteroatoms. The molecule has 0 radical (unpaired) electrons. The molecule has 2 aromatic rings. The van der Waals surface area contributed by atoms with E-state index >= 15 is 0 Å². The average Bonchev–Trinajstić information content (AvgIpc) is 3.12. The van der Waals surface area contributed by atoms with Crippen molar-refractivity contribution >= 4 is 40.6 Å². The number of nitrogens with one attached hydrogen (secondary N) is 1. The van der Waals surface area contributed by atoms with Gasteiger partial charge in [0.2, 0.25) is 5.95 Å². The van der Waals surface area contributed by atoms with Crippen molar-refractivity contribution in [3.63, 3.8) is 0 Å². The number of ether oxygens (including phenoxy) is 1. The number of hydrogen-bond donors (Lipinski definition) is 7. The summed E-state index contributed by atoms with van der Waals surface area (Å²) in [5.41, 5.74) is 4.42. The SMILES string of the molecule is Nc1nc2c(ncn2C2OC(COP(=O)(O)OP(=O)(O)OP(=O)(O)O)C([O-])C2O)c(=O)[nH]1.[Na+]. The third-order valence-electron chi connectivity index (χ3n) is 3.85. The monoisotopic (exact) mass is 545 g/mol. The van der Waals surface area contributed by atoms with Crippen LogP contribution < -0.4 is 46.0 Å². The Kier molecular flexibility index (Phi) is 8.86. The van der Waals surface area contributed by atoms with Crippen LogP contribution in [0.2, 0.25) is 0 Å². The molecule has 0 saturated carbocycles. The van der Waals surface area contributed by atoms with Crippen molar-refractivity contribution in [2.45, 2.75) is 24.5 Å². The molecule has 1 aliphatic heterocycles. The smallest absolute Gasteiger partial charge is 0.848 e. The number of aliphatic hydroxyl groups is 1. The van der Waals surface area contributed by atoms with Gasteiger partial charge in [-0.2, -0.15) is 13.6 Å². The topological polar surface area (TPSA) is 302 Å². The zero-order chi connectivity index (χ0) is 24.1. The first-order valence-corrected chi connectivity index (χ1v) is 12.6. The largest absolute Gasteiger partial charge is 1.00 e. The van der Waals surface area contributed by atoms with E-state index in [4.69, 9.17) is 25.2 Å². The van der Waals surface area contributed by atoms with Crippen LogP contribution in [0.15, 0.2) is 11.1 Å².